The van der Waals surface area contributed by atoms with E-state index < -0.39 is 0 Å². The fourth-order valence-corrected chi connectivity index (χ4v) is 5.25. The van der Waals surface area contributed by atoms with Crippen molar-refractivity contribution in [1.82, 2.24) is 14.5 Å². The van der Waals surface area contributed by atoms with E-state index in [4.69, 9.17) is 4.74 Å². The number of carbonyl (C=O) groups is 2. The number of hydrogen-bond donors (Lipinski definition) is 1. The maximum Gasteiger partial charge on any atom is 0.255 e. The lowest BCUT2D eigenvalue weighted by molar-refractivity contribution is -0.136. The Labute approximate surface area is 213 Å². The lowest BCUT2D eigenvalue weighted by Crippen LogP contribution is -2.43. The highest BCUT2D eigenvalue weighted by Gasteiger charge is 2.33. The highest BCUT2D eigenvalue weighted by Crippen LogP contribution is 2.40. The molecule has 0 unspecified atom stereocenters. The zero-order chi connectivity index (χ0) is 26.1. The number of amides is 2. The molecular weight excluding hydrogens is 454 g/mol. The molecule has 0 radical (unpaired) electrons. The molecule has 0 bridgehead atoms. The molecule has 190 valence electrons. The van der Waals surface area contributed by atoms with Gasteiger partial charge in [-0.2, -0.15) is 5.26 Å². The second kappa shape index (κ2) is 10.0. The minimum Gasteiger partial charge on any atom is -0.495 e. The molecule has 1 saturated heterocycles. The van der Waals surface area contributed by atoms with Gasteiger partial charge in [-0.25, -0.2) is 4.98 Å². The van der Waals surface area contributed by atoms with E-state index in [1.165, 1.54) is 18.7 Å². The molecule has 0 spiro atoms. The number of piperidine rings is 1. The maximum absolute atomic E-state index is 13.0. The summed E-state index contributed by atoms with van der Waals surface area (Å²) in [6, 6.07) is 6.85. The Morgan fingerprint density at radius 2 is 2.08 bits per heavy atom. The van der Waals surface area contributed by atoms with Crippen LogP contribution in [0.2, 0.25) is 0 Å². The topological polar surface area (TPSA) is 100 Å². The van der Waals surface area contributed by atoms with Gasteiger partial charge in [0.15, 0.2) is 0 Å². The summed E-state index contributed by atoms with van der Waals surface area (Å²) in [5.41, 5.74) is 4.33. The van der Waals surface area contributed by atoms with Gasteiger partial charge in [0.1, 0.15) is 17.5 Å². The molecule has 4 rings (SSSR count). The Balaban J connectivity index is 0.00000380. The normalized spacial score (nSPS) is 17.8. The molecule has 2 aromatic heterocycles. The number of nitrogens with one attached hydrogen (secondary N) is 1. The van der Waals surface area contributed by atoms with Crippen LogP contribution in [0.5, 0.6) is 5.75 Å². The fraction of sp³-hybridized carbons (Fsp3) is 0.429. The summed E-state index contributed by atoms with van der Waals surface area (Å²) >= 11 is 0. The zero-order valence-corrected chi connectivity index (χ0v) is 21.8. The van der Waals surface area contributed by atoms with Crippen molar-refractivity contribution in [2.45, 2.75) is 40.0 Å². The van der Waals surface area contributed by atoms with Crippen molar-refractivity contribution in [3.05, 3.63) is 52.8 Å². The first kappa shape index (κ1) is 25.2. The van der Waals surface area contributed by atoms with Gasteiger partial charge < -0.3 is 19.5 Å². The van der Waals surface area contributed by atoms with Gasteiger partial charge in [-0.05, 0) is 54.5 Å². The van der Waals surface area contributed by atoms with Crippen molar-refractivity contribution in [3.8, 4) is 11.8 Å². The number of nitrogens with zero attached hydrogens (tertiary/aromatic N) is 4. The average molecular weight is 490 g/mol. The zero-order valence-electron chi connectivity index (χ0n) is 21.8. The van der Waals surface area contributed by atoms with Crippen LogP contribution in [0, 0.1) is 30.1 Å². The van der Waals surface area contributed by atoms with Crippen LogP contribution in [0.15, 0.2) is 30.6 Å². The van der Waals surface area contributed by atoms with Gasteiger partial charge in [-0.1, -0.05) is 20.8 Å². The first-order valence-electron chi connectivity index (χ1n) is 12.3. The van der Waals surface area contributed by atoms with E-state index in [0.717, 1.165) is 36.1 Å². The predicted octanol–water partition coefficient (Wildman–Crippen LogP) is 4.87. The molecule has 0 saturated carbocycles. The molecule has 36 heavy (non-hydrogen) atoms. The van der Waals surface area contributed by atoms with E-state index in [-0.39, 0.29) is 25.1 Å². The Bertz CT molecular complexity index is 1370. The molecule has 1 aliphatic heterocycles. The number of carbonyl (C=O) groups excluding carboxylic acids is 2. The van der Waals surface area contributed by atoms with E-state index in [1.807, 2.05) is 37.3 Å². The molecule has 3 aromatic rings. The summed E-state index contributed by atoms with van der Waals surface area (Å²) in [6.45, 7) is 9.57. The highest BCUT2D eigenvalue weighted by molar-refractivity contribution is 6.06. The van der Waals surface area contributed by atoms with Crippen molar-refractivity contribution >= 4 is 28.5 Å². The minimum atomic E-state index is -0.315. The number of fused-ring (bicyclic) bond motifs is 1. The smallest absolute Gasteiger partial charge is 0.255 e. The second-order valence-corrected chi connectivity index (χ2v) is 9.98. The molecule has 3 heterocycles. The van der Waals surface area contributed by atoms with Crippen LogP contribution >= 0.6 is 0 Å². The number of aryl methyl sites for hydroxylation is 2. The SMILES string of the molecule is COc1ccc(C(=O)Nc2cnc3c(c([C@@H]4CCN(C(=O)C(C)C)C[C@@H]4C)cn3C)c2C)cc1C#N.[HH]. The van der Waals surface area contributed by atoms with Crippen molar-refractivity contribution < 1.29 is 15.8 Å². The summed E-state index contributed by atoms with van der Waals surface area (Å²) in [5, 5.41) is 13.4. The number of aromatic nitrogens is 2. The monoisotopic (exact) mass is 489 g/mol. The number of methoxy groups -OCH3 is 1. The van der Waals surface area contributed by atoms with Gasteiger partial charge >= 0.3 is 0 Å². The first-order chi connectivity index (χ1) is 17.2. The number of likely N-dealkylation sites (tertiary alicyclic amines) is 1. The van der Waals surface area contributed by atoms with Crippen LogP contribution in [0.4, 0.5) is 5.69 Å². The molecule has 8 nitrogen and oxygen atoms in total. The molecular formula is C28H35N5O3. The molecule has 1 aliphatic rings. The Morgan fingerprint density at radius 3 is 2.72 bits per heavy atom. The van der Waals surface area contributed by atoms with Gasteiger partial charge in [-0.3, -0.25) is 9.59 Å². The third kappa shape index (κ3) is 4.53. The number of ether oxygens (including phenoxy) is 1. The van der Waals surface area contributed by atoms with Crippen molar-refractivity contribution in [2.75, 3.05) is 25.5 Å². The van der Waals surface area contributed by atoms with E-state index in [0.29, 0.717) is 28.5 Å². The van der Waals surface area contributed by atoms with Crippen LogP contribution in [0.3, 0.4) is 0 Å². The van der Waals surface area contributed by atoms with Crippen LogP contribution in [0.1, 0.15) is 61.6 Å². The number of pyridine rings is 1. The third-order valence-electron chi connectivity index (χ3n) is 7.21. The third-order valence-corrected chi connectivity index (χ3v) is 7.21. The minimum absolute atomic E-state index is 0. The van der Waals surface area contributed by atoms with Crippen LogP contribution in [0.25, 0.3) is 11.0 Å². The standard InChI is InChI=1S/C28H33N5O3.H2/c1-16(2)28(35)33-10-9-21(17(3)14-33)22-15-32(5)26-25(22)18(4)23(13-30-26)31-27(34)19-7-8-24(36-6)20(11-19)12-29;/h7-8,11,13,15-17,21H,9-10,14H2,1-6H3,(H,31,34);1H/t17-,21+;/m0./s1. The molecule has 8 heteroatoms. The summed E-state index contributed by atoms with van der Waals surface area (Å²) < 4.78 is 7.21. The van der Waals surface area contributed by atoms with Crippen LogP contribution in [-0.2, 0) is 11.8 Å². The first-order valence-corrected chi connectivity index (χ1v) is 12.3. The van der Waals surface area contributed by atoms with E-state index in [1.54, 1.807) is 18.3 Å². The lowest BCUT2D eigenvalue weighted by atomic mass is 9.81. The molecule has 1 N–H and O–H groups in total. The van der Waals surface area contributed by atoms with Gasteiger partial charge in [0.25, 0.3) is 5.91 Å². The molecule has 1 fully saturated rings. The summed E-state index contributed by atoms with van der Waals surface area (Å²) in [5.74, 6) is 0.907. The van der Waals surface area contributed by atoms with E-state index >= 15 is 0 Å². The van der Waals surface area contributed by atoms with E-state index in [2.05, 4.69) is 29.5 Å². The molecule has 2 atom stereocenters. The maximum atomic E-state index is 13.0. The summed E-state index contributed by atoms with van der Waals surface area (Å²) in [7, 11) is 3.48. The quantitative estimate of drug-likeness (QED) is 0.551. The van der Waals surface area contributed by atoms with E-state index in [9.17, 15) is 14.9 Å². The van der Waals surface area contributed by atoms with Gasteiger partial charge in [0.2, 0.25) is 5.91 Å². The fourth-order valence-electron chi connectivity index (χ4n) is 5.25. The Kier molecular flexibility index (Phi) is 7.02. The second-order valence-electron chi connectivity index (χ2n) is 9.98. The van der Waals surface area contributed by atoms with Gasteiger partial charge in [0, 0.05) is 44.6 Å². The molecule has 2 amide bonds. The number of rotatable bonds is 5. The Hall–Kier alpha value is -3.86. The highest BCUT2D eigenvalue weighted by atomic mass is 16.5. The molecule has 1 aromatic carbocycles. The average Bonchev–Trinajstić information content (AvgIpc) is 3.20. The number of hydrogen-bond acceptors (Lipinski definition) is 5. The Morgan fingerprint density at radius 1 is 1.33 bits per heavy atom. The lowest BCUT2D eigenvalue weighted by Gasteiger charge is -2.38. The number of anilines is 1. The summed E-state index contributed by atoms with van der Waals surface area (Å²) in [6.07, 6.45) is 4.71. The van der Waals surface area contributed by atoms with Gasteiger partial charge in [-0.15, -0.1) is 0 Å². The van der Waals surface area contributed by atoms with Crippen LogP contribution < -0.4 is 10.1 Å². The van der Waals surface area contributed by atoms with Crippen LogP contribution in [-0.4, -0.2) is 46.5 Å². The number of nitriles is 1. The largest absolute Gasteiger partial charge is 0.495 e. The number of benzene rings is 1. The van der Waals surface area contributed by atoms with Crippen molar-refractivity contribution in [1.29, 1.82) is 5.26 Å². The predicted molar refractivity (Wildman–Crippen MR) is 141 cm³/mol. The summed E-state index contributed by atoms with van der Waals surface area (Å²) in [4.78, 5) is 32.2. The van der Waals surface area contributed by atoms with Gasteiger partial charge in [0.05, 0.1) is 24.6 Å². The van der Waals surface area contributed by atoms with Crippen molar-refractivity contribution in [2.24, 2.45) is 18.9 Å². The molecule has 0 aliphatic carbocycles. The van der Waals surface area contributed by atoms with Crippen molar-refractivity contribution in [3.63, 3.8) is 0 Å².